The van der Waals surface area contributed by atoms with Crippen molar-refractivity contribution in [1.29, 1.82) is 0 Å². The highest BCUT2D eigenvalue weighted by Gasteiger charge is 2.28. The second-order valence-electron chi connectivity index (χ2n) is 8.28. The first-order valence-corrected chi connectivity index (χ1v) is 12.0. The smallest absolute Gasteiger partial charge is 0.201 e. The van der Waals surface area contributed by atoms with Crippen molar-refractivity contribution in [3.05, 3.63) is 77.2 Å². The van der Waals surface area contributed by atoms with E-state index in [9.17, 15) is 9.18 Å². The van der Waals surface area contributed by atoms with Crippen molar-refractivity contribution in [2.75, 3.05) is 10.0 Å². The maximum atomic E-state index is 15.4. The van der Waals surface area contributed by atoms with E-state index in [1.165, 1.54) is 36.1 Å². The minimum Gasteiger partial charge on any atom is -0.367 e. The van der Waals surface area contributed by atoms with Crippen LogP contribution in [-0.2, 0) is 6.42 Å². The van der Waals surface area contributed by atoms with Crippen molar-refractivity contribution in [3.63, 3.8) is 0 Å². The van der Waals surface area contributed by atoms with Gasteiger partial charge in [0, 0.05) is 17.1 Å². The molecule has 1 fully saturated rings. The Morgan fingerprint density at radius 3 is 2.68 bits per heavy atom. The Balaban J connectivity index is 1.43. The Hall–Kier alpha value is -3.46. The van der Waals surface area contributed by atoms with Gasteiger partial charge in [-0.2, -0.15) is 0 Å². The van der Waals surface area contributed by atoms with Crippen molar-refractivity contribution < 1.29 is 13.6 Å². The van der Waals surface area contributed by atoms with Crippen molar-refractivity contribution >= 4 is 40.3 Å². The third-order valence-corrected chi connectivity index (χ3v) is 6.52. The molecule has 0 spiro atoms. The molecule has 0 radical (unpaired) electrons. The lowest BCUT2D eigenvalue weighted by Gasteiger charge is -2.11. The second-order valence-corrected chi connectivity index (χ2v) is 9.16. The van der Waals surface area contributed by atoms with Crippen LogP contribution in [-0.4, -0.2) is 26.8 Å². The molecular formula is C25H23F2N5OS. The van der Waals surface area contributed by atoms with Gasteiger partial charge in [-0.15, -0.1) is 0 Å². The number of halogens is 2. The summed E-state index contributed by atoms with van der Waals surface area (Å²) in [6, 6.07) is 10.6. The minimum atomic E-state index is -0.942. The zero-order valence-electron chi connectivity index (χ0n) is 18.5. The maximum absolute atomic E-state index is 15.4. The van der Waals surface area contributed by atoms with Gasteiger partial charge in [0.2, 0.25) is 5.78 Å². The van der Waals surface area contributed by atoms with Gasteiger partial charge in [-0.1, -0.05) is 25.5 Å². The Bertz CT molecular complexity index is 1350. The summed E-state index contributed by atoms with van der Waals surface area (Å²) < 4.78 is 33.0. The molecule has 0 atom stereocenters. The number of hydrogen-bond acceptors (Lipinski definition) is 6. The summed E-state index contributed by atoms with van der Waals surface area (Å²) >= 11 is 1.20. The average molecular weight is 480 g/mol. The normalized spacial score (nSPS) is 13.3. The lowest BCUT2D eigenvalue weighted by atomic mass is 10.0. The van der Waals surface area contributed by atoms with Gasteiger partial charge in [0.25, 0.3) is 0 Å². The number of aromatic amines is 1. The summed E-state index contributed by atoms with van der Waals surface area (Å²) in [6.07, 6.45) is 6.88. The molecule has 6 nitrogen and oxygen atoms in total. The number of carbonyl (C=O) groups excluding carboxylic acids is 1. The van der Waals surface area contributed by atoms with Gasteiger partial charge < -0.3 is 15.0 Å². The number of anilines is 2. The molecule has 1 aliphatic rings. The SMILES string of the molecule is CCCc1ccc(SNc2ccc(F)c(C(=O)c3c[nH]c4ncnc(NC5CC5)c34)c2F)cc1. The summed E-state index contributed by atoms with van der Waals surface area (Å²) in [4.78, 5) is 25.5. The predicted molar refractivity (Wildman–Crippen MR) is 130 cm³/mol. The Morgan fingerprint density at radius 2 is 1.94 bits per heavy atom. The minimum absolute atomic E-state index is 0.0276. The van der Waals surface area contributed by atoms with Gasteiger partial charge in [0.15, 0.2) is 5.82 Å². The Morgan fingerprint density at radius 1 is 1.15 bits per heavy atom. The van der Waals surface area contributed by atoms with Crippen molar-refractivity contribution in [1.82, 2.24) is 15.0 Å². The third kappa shape index (κ3) is 4.48. The highest BCUT2D eigenvalue weighted by Crippen LogP contribution is 2.33. The molecule has 5 rings (SSSR count). The molecular weight excluding hydrogens is 456 g/mol. The second kappa shape index (κ2) is 9.42. The molecule has 0 bridgehead atoms. The number of aryl methyl sites for hydroxylation is 1. The van der Waals surface area contributed by atoms with Gasteiger partial charge in [0.1, 0.15) is 23.6 Å². The van der Waals surface area contributed by atoms with E-state index in [0.717, 1.165) is 36.6 Å². The summed E-state index contributed by atoms with van der Waals surface area (Å²) in [6.45, 7) is 2.12. The summed E-state index contributed by atoms with van der Waals surface area (Å²) in [5.41, 5.74) is 1.18. The molecule has 2 aromatic carbocycles. The van der Waals surface area contributed by atoms with Gasteiger partial charge >= 0.3 is 0 Å². The number of nitrogens with zero attached hydrogens (tertiary/aromatic N) is 2. The highest BCUT2D eigenvalue weighted by atomic mass is 32.2. The van der Waals surface area contributed by atoms with Crippen molar-refractivity contribution in [2.45, 2.75) is 43.5 Å². The van der Waals surface area contributed by atoms with Crippen LogP contribution in [0, 0.1) is 11.6 Å². The molecule has 0 saturated heterocycles. The Labute approximate surface area is 199 Å². The van der Waals surface area contributed by atoms with Crippen LogP contribution in [0.15, 0.2) is 53.8 Å². The fourth-order valence-electron chi connectivity index (χ4n) is 3.77. The molecule has 2 heterocycles. The van der Waals surface area contributed by atoms with E-state index in [1.807, 2.05) is 24.3 Å². The van der Waals surface area contributed by atoms with Crippen LogP contribution in [0.2, 0.25) is 0 Å². The van der Waals surface area contributed by atoms with Crippen molar-refractivity contribution in [3.8, 4) is 0 Å². The largest absolute Gasteiger partial charge is 0.367 e. The lowest BCUT2D eigenvalue weighted by Crippen LogP contribution is -2.10. The monoisotopic (exact) mass is 479 g/mol. The number of H-pyrrole nitrogens is 1. The zero-order valence-corrected chi connectivity index (χ0v) is 19.3. The molecule has 1 saturated carbocycles. The third-order valence-electron chi connectivity index (χ3n) is 5.69. The van der Waals surface area contributed by atoms with Crippen LogP contribution in [0.4, 0.5) is 20.3 Å². The number of ketones is 1. The Kier molecular flexibility index (Phi) is 6.19. The lowest BCUT2D eigenvalue weighted by molar-refractivity contribution is 0.103. The topological polar surface area (TPSA) is 82.7 Å². The van der Waals surface area contributed by atoms with Crippen LogP contribution in [0.5, 0.6) is 0 Å². The van der Waals surface area contributed by atoms with Crippen LogP contribution >= 0.6 is 11.9 Å². The van der Waals surface area contributed by atoms with E-state index >= 15 is 4.39 Å². The summed E-state index contributed by atoms with van der Waals surface area (Å²) in [7, 11) is 0. The number of carbonyl (C=O) groups is 1. The van der Waals surface area contributed by atoms with Crippen molar-refractivity contribution in [2.24, 2.45) is 0 Å². The highest BCUT2D eigenvalue weighted by molar-refractivity contribution is 8.00. The summed E-state index contributed by atoms with van der Waals surface area (Å²) in [5, 5.41) is 3.68. The van der Waals surface area contributed by atoms with E-state index < -0.39 is 23.0 Å². The molecule has 0 unspecified atom stereocenters. The standard InChI is InChI=1S/C25H23F2N5OS/c1-2-3-14-4-8-16(9-5-14)34-32-19-11-10-18(26)21(22(19)27)23(33)17-12-28-24-20(17)25(30-13-29-24)31-15-6-7-15/h4-5,8-13,15,32H,2-3,6-7H2,1H3,(H2,28,29,30,31). The first-order valence-electron chi connectivity index (χ1n) is 11.2. The first kappa shape index (κ1) is 22.3. The van der Waals surface area contributed by atoms with Crippen LogP contribution < -0.4 is 10.0 Å². The summed E-state index contributed by atoms with van der Waals surface area (Å²) in [5.74, 6) is -2.16. The first-order chi connectivity index (χ1) is 16.5. The molecule has 0 amide bonds. The van der Waals surface area contributed by atoms with Gasteiger partial charge in [-0.3, -0.25) is 4.79 Å². The molecule has 34 heavy (non-hydrogen) atoms. The van der Waals surface area contributed by atoms with E-state index in [1.54, 1.807) is 0 Å². The molecule has 1 aliphatic carbocycles. The zero-order chi connectivity index (χ0) is 23.7. The molecule has 2 aromatic heterocycles. The molecule has 9 heteroatoms. The maximum Gasteiger partial charge on any atom is 0.201 e. The number of benzene rings is 2. The number of rotatable bonds is 9. The van der Waals surface area contributed by atoms with E-state index in [-0.39, 0.29) is 17.3 Å². The van der Waals surface area contributed by atoms with E-state index in [4.69, 9.17) is 0 Å². The fraction of sp³-hybridized carbons (Fsp3) is 0.240. The average Bonchev–Trinajstić information content (AvgIpc) is 3.54. The molecule has 174 valence electrons. The van der Waals surface area contributed by atoms with Crippen LogP contribution in [0.1, 0.15) is 47.7 Å². The number of aromatic nitrogens is 3. The predicted octanol–water partition coefficient (Wildman–Crippen LogP) is 6.11. The molecule has 0 aliphatic heterocycles. The van der Waals surface area contributed by atoms with Gasteiger partial charge in [0.05, 0.1) is 22.2 Å². The molecule has 3 N–H and O–H groups in total. The molecule has 4 aromatic rings. The van der Waals surface area contributed by atoms with Gasteiger partial charge in [-0.05, 0) is 61.0 Å². The fourth-order valence-corrected chi connectivity index (χ4v) is 4.43. The van der Waals surface area contributed by atoms with Crippen LogP contribution in [0.25, 0.3) is 11.0 Å². The van der Waals surface area contributed by atoms with Gasteiger partial charge in [-0.25, -0.2) is 18.7 Å². The number of fused-ring (bicyclic) bond motifs is 1. The quantitative estimate of drug-likeness (QED) is 0.198. The number of hydrogen-bond donors (Lipinski definition) is 3. The van der Waals surface area contributed by atoms with E-state index in [2.05, 4.69) is 31.9 Å². The number of nitrogens with one attached hydrogen (secondary N) is 3. The van der Waals surface area contributed by atoms with E-state index in [0.29, 0.717) is 16.9 Å². The van der Waals surface area contributed by atoms with Crippen LogP contribution in [0.3, 0.4) is 0 Å².